The number of nitrogens with zero attached hydrogens (tertiary/aromatic N) is 2. The number of aliphatic hydroxyl groups is 2. The Balaban J connectivity index is 1.21. The largest absolute Gasteiger partial charge is 0.497 e. The molecule has 0 spiro atoms. The highest BCUT2D eigenvalue weighted by atomic mass is 16.7. The third-order valence-corrected chi connectivity index (χ3v) is 14.6. The Hall–Kier alpha value is -6.67. The third kappa shape index (κ3) is 10.7. The van der Waals surface area contributed by atoms with Crippen molar-refractivity contribution in [2.24, 2.45) is 28.8 Å². The normalized spacial score (nSPS) is 22.6. The summed E-state index contributed by atoms with van der Waals surface area (Å²) in [4.78, 5) is 37.3. The van der Waals surface area contributed by atoms with Gasteiger partial charge in [0.2, 0.25) is 11.7 Å². The van der Waals surface area contributed by atoms with Gasteiger partial charge in [-0.3, -0.25) is 10.1 Å². The number of hydrogen-bond donors (Lipinski definition) is 3. The van der Waals surface area contributed by atoms with Crippen LogP contribution in [0.1, 0.15) is 80.4 Å². The fourth-order valence-corrected chi connectivity index (χ4v) is 11.1. The van der Waals surface area contributed by atoms with Gasteiger partial charge in [0, 0.05) is 49.6 Å². The van der Waals surface area contributed by atoms with Crippen LogP contribution in [0.3, 0.4) is 0 Å². The van der Waals surface area contributed by atoms with E-state index >= 15 is 4.79 Å². The first-order chi connectivity index (χ1) is 34.8. The number of rotatable bonds is 22. The summed E-state index contributed by atoms with van der Waals surface area (Å²) in [5.41, 5.74) is 4.83. The van der Waals surface area contributed by atoms with Gasteiger partial charge in [-0.2, -0.15) is 0 Å². The Morgan fingerprint density at radius 3 is 2.39 bits per heavy atom. The molecule has 0 unspecified atom stereocenters. The van der Waals surface area contributed by atoms with Crippen molar-refractivity contribution < 1.29 is 48.3 Å². The van der Waals surface area contributed by atoms with Crippen molar-refractivity contribution in [2.45, 2.75) is 88.7 Å². The van der Waals surface area contributed by atoms with Crippen molar-refractivity contribution in [1.82, 2.24) is 4.90 Å². The predicted octanol–water partition coefficient (Wildman–Crippen LogP) is 10.7. The summed E-state index contributed by atoms with van der Waals surface area (Å²) < 4.78 is 31.7. The maximum atomic E-state index is 15.2. The lowest BCUT2D eigenvalue weighted by atomic mass is 9.55. The van der Waals surface area contributed by atoms with Crippen LogP contribution in [0.4, 0.5) is 10.5 Å². The zero-order valence-electron chi connectivity index (χ0n) is 40.7. The zero-order chi connectivity index (χ0) is 49.3. The Morgan fingerprint density at radius 1 is 0.873 bits per heavy atom. The van der Waals surface area contributed by atoms with Crippen molar-refractivity contribution in [3.63, 3.8) is 0 Å². The molecule has 2 amide bonds. The van der Waals surface area contributed by atoms with Gasteiger partial charge in [0.05, 0.1) is 38.1 Å². The molecule has 0 aromatic heterocycles. The molecule has 13 heteroatoms. The van der Waals surface area contributed by atoms with Crippen LogP contribution in [0.25, 0.3) is 10.8 Å². The van der Waals surface area contributed by atoms with Gasteiger partial charge < -0.3 is 43.6 Å². The standard InChI is InChI=1S/C58H65N3O10/c1-4-31-68-58-53(61(56(64)40-23-24-40)36-42-20-14-19-39-17-8-9-21-45(39)42)35-50(60-69-37-38-15-6-5-7-16-38)47-32-41(18-10-12-29-62)46(22-11-13-30-63)54(55(47)58)48-33-44(26-28-51(48)71-58)70-57(65)59-49-27-25-43(66-2)34-52(49)67-3/h4-9,14-17,19-21,25-28,32-34,40-41,46,53-55,62-63H,1,10-13,18,22-24,29-31,35-37H2,2-3H3,(H,59,65)/t41-,46+,53-,54+,55+,58+/m0/s1. The highest BCUT2D eigenvalue weighted by Gasteiger charge is 2.66. The minimum atomic E-state index is -1.46. The monoisotopic (exact) mass is 963 g/mol. The Labute approximate surface area is 416 Å². The highest BCUT2D eigenvalue weighted by Crippen LogP contribution is 2.62. The minimum absolute atomic E-state index is 0.00529. The van der Waals surface area contributed by atoms with Gasteiger partial charge in [-0.1, -0.05) is 103 Å². The molecule has 0 bridgehead atoms. The van der Waals surface area contributed by atoms with E-state index in [0.717, 1.165) is 71.6 Å². The van der Waals surface area contributed by atoms with E-state index in [1.54, 1.807) is 37.5 Å². The van der Waals surface area contributed by atoms with Crippen LogP contribution in [0, 0.1) is 23.7 Å². The molecule has 1 aliphatic heterocycles. The van der Waals surface area contributed by atoms with Crippen molar-refractivity contribution in [2.75, 3.05) is 39.4 Å². The van der Waals surface area contributed by atoms with E-state index in [9.17, 15) is 15.0 Å². The number of anilines is 1. The first kappa shape index (κ1) is 49.3. The van der Waals surface area contributed by atoms with Crippen LogP contribution >= 0.6 is 0 Å². The number of aliphatic hydroxyl groups excluding tert-OH is 2. The van der Waals surface area contributed by atoms with Gasteiger partial charge in [-0.15, -0.1) is 6.58 Å². The number of carbonyl (C=O) groups is 2. The first-order valence-electron chi connectivity index (χ1n) is 25.0. The molecule has 3 N–H and O–H groups in total. The van der Waals surface area contributed by atoms with E-state index in [1.807, 2.05) is 65.6 Å². The van der Waals surface area contributed by atoms with E-state index in [-0.39, 0.29) is 62.4 Å². The van der Waals surface area contributed by atoms with E-state index < -0.39 is 23.8 Å². The number of carbonyl (C=O) groups excluding carboxylic acids is 2. The number of ether oxygens (including phenoxy) is 5. The number of allylic oxidation sites excluding steroid dienone is 1. The molecule has 3 aliphatic carbocycles. The van der Waals surface area contributed by atoms with Gasteiger partial charge in [-0.25, -0.2) is 4.79 Å². The zero-order valence-corrected chi connectivity index (χ0v) is 40.7. The number of nitrogens with one attached hydrogen (secondary N) is 1. The quantitative estimate of drug-likeness (QED) is 0.0346. The summed E-state index contributed by atoms with van der Waals surface area (Å²) in [6.07, 6.45) is 9.52. The van der Waals surface area contributed by atoms with Crippen molar-refractivity contribution in [3.05, 3.63) is 150 Å². The number of benzene rings is 5. The molecule has 2 fully saturated rings. The lowest BCUT2D eigenvalue weighted by Gasteiger charge is -2.60. The second-order valence-corrected chi connectivity index (χ2v) is 19.0. The molecule has 4 aliphatic rings. The Kier molecular flexibility index (Phi) is 15.7. The van der Waals surface area contributed by atoms with E-state index in [1.165, 1.54) is 7.11 Å². The topological polar surface area (TPSA) is 158 Å². The molecule has 1 heterocycles. The lowest BCUT2D eigenvalue weighted by Crippen LogP contribution is -2.70. The van der Waals surface area contributed by atoms with Gasteiger partial charge >= 0.3 is 6.09 Å². The van der Waals surface area contributed by atoms with E-state index in [4.69, 9.17) is 33.7 Å². The van der Waals surface area contributed by atoms with Gasteiger partial charge in [0.15, 0.2) is 0 Å². The molecule has 5 aromatic rings. The molecular weight excluding hydrogens is 899 g/mol. The van der Waals surface area contributed by atoms with E-state index in [2.05, 4.69) is 42.2 Å². The van der Waals surface area contributed by atoms with Gasteiger partial charge in [0.25, 0.3) is 0 Å². The maximum absolute atomic E-state index is 15.2. The average molecular weight is 964 g/mol. The fraction of sp³-hybridized carbons (Fsp3) is 0.397. The number of hydrogen-bond acceptors (Lipinski definition) is 11. The van der Waals surface area contributed by atoms with Crippen LogP contribution < -0.4 is 24.3 Å². The molecular formula is C58H65N3O10. The average Bonchev–Trinajstić information content (AvgIpc) is 4.25. The summed E-state index contributed by atoms with van der Waals surface area (Å²) >= 11 is 0. The van der Waals surface area contributed by atoms with Crippen LogP contribution in [0.15, 0.2) is 139 Å². The molecule has 71 heavy (non-hydrogen) atoms. The fourth-order valence-electron chi connectivity index (χ4n) is 11.1. The molecule has 372 valence electrons. The van der Waals surface area contributed by atoms with Gasteiger partial charge in [0.1, 0.15) is 35.6 Å². The number of fused-ring (bicyclic) bond motifs is 3. The van der Waals surface area contributed by atoms with Crippen LogP contribution in [0.2, 0.25) is 0 Å². The third-order valence-electron chi connectivity index (χ3n) is 14.6. The smallest absolute Gasteiger partial charge is 0.417 e. The number of unbranched alkanes of at least 4 members (excludes halogenated alkanes) is 2. The summed E-state index contributed by atoms with van der Waals surface area (Å²) in [7, 11) is 3.07. The first-order valence-corrected chi connectivity index (χ1v) is 25.0. The van der Waals surface area contributed by atoms with Crippen molar-refractivity contribution in [1.29, 1.82) is 0 Å². The Morgan fingerprint density at radius 2 is 1.63 bits per heavy atom. The van der Waals surface area contributed by atoms with Crippen LogP contribution in [-0.2, 0) is 27.5 Å². The summed E-state index contributed by atoms with van der Waals surface area (Å²) in [5.74, 6) is -0.638. The molecule has 5 aromatic carbocycles. The van der Waals surface area contributed by atoms with Gasteiger partial charge in [-0.05, 0) is 108 Å². The molecule has 0 radical (unpaired) electrons. The number of methoxy groups -OCH3 is 2. The molecule has 2 saturated carbocycles. The van der Waals surface area contributed by atoms with Crippen LogP contribution in [-0.4, -0.2) is 78.7 Å². The number of amides is 2. The summed E-state index contributed by atoms with van der Waals surface area (Å²) in [6.45, 7) is 4.90. The predicted molar refractivity (Wildman–Crippen MR) is 273 cm³/mol. The SMILES string of the molecule is C=CCO[C@@]12Oc3ccc(OC(=O)Nc4ccc(OC)cc4OC)cc3[C@H]3[C@H](CCCCO)[C@@H](CCCCO)C=C(C(=NOCc4ccccc4)C[C@@H]1N(Cc1cccc4ccccc14)C(=O)C1CC1)[C@H]32. The summed E-state index contributed by atoms with van der Waals surface area (Å²) in [5, 5.41) is 30.1. The van der Waals surface area contributed by atoms with E-state index in [0.29, 0.717) is 53.8 Å². The molecule has 9 rings (SSSR count). The van der Waals surface area contributed by atoms with Crippen molar-refractivity contribution in [3.8, 4) is 23.0 Å². The second-order valence-electron chi connectivity index (χ2n) is 19.0. The molecule has 13 nitrogen and oxygen atoms in total. The second kappa shape index (κ2) is 22.6. The minimum Gasteiger partial charge on any atom is -0.497 e. The molecule has 6 atom stereocenters. The lowest BCUT2D eigenvalue weighted by molar-refractivity contribution is -0.258. The number of oxime groups is 1. The Bertz CT molecular complexity index is 2730. The van der Waals surface area contributed by atoms with Crippen molar-refractivity contribution >= 4 is 34.2 Å². The van der Waals surface area contributed by atoms with Crippen LogP contribution in [0.5, 0.6) is 23.0 Å². The summed E-state index contributed by atoms with van der Waals surface area (Å²) in [6, 6.07) is 34.2. The molecule has 0 saturated heterocycles. The highest BCUT2D eigenvalue weighted by molar-refractivity contribution is 6.03. The maximum Gasteiger partial charge on any atom is 0.417 e.